The number of benzene rings is 5. The number of hydrogen-bond donors (Lipinski definition) is 1. The Bertz CT molecular complexity index is 1950. The first-order chi connectivity index (χ1) is 21.8. The van der Waals surface area contributed by atoms with Crippen LogP contribution in [0.2, 0.25) is 0 Å². The Hall–Kier alpha value is -4.89. The number of nitrogens with zero attached hydrogens (tertiary/aromatic N) is 2. The van der Waals surface area contributed by atoms with Gasteiger partial charge in [0.05, 0.1) is 5.69 Å². The van der Waals surface area contributed by atoms with Gasteiger partial charge in [0.15, 0.2) is 0 Å². The zero-order valence-electron chi connectivity index (χ0n) is 27.0. The molecule has 0 amide bonds. The second-order valence-electron chi connectivity index (χ2n) is 12.7. The fourth-order valence-corrected chi connectivity index (χ4v) is 6.06. The zero-order valence-corrected chi connectivity index (χ0v) is 27.0. The van der Waals surface area contributed by atoms with Crippen LogP contribution in [0.4, 0.5) is 0 Å². The number of aromatic hydroxyl groups is 1. The molecule has 6 rings (SSSR count). The van der Waals surface area contributed by atoms with Crippen LogP contribution in [0.1, 0.15) is 61.8 Å². The number of aryl methyl sites for hydroxylation is 1. The van der Waals surface area contributed by atoms with Crippen LogP contribution in [-0.2, 0) is 19.9 Å². The molecule has 0 aliphatic rings. The molecule has 0 unspecified atom stereocenters. The van der Waals surface area contributed by atoms with E-state index in [1.807, 2.05) is 36.0 Å². The second kappa shape index (κ2) is 13.0. The van der Waals surface area contributed by atoms with Crippen LogP contribution < -0.4 is 0 Å². The third-order valence-corrected chi connectivity index (χ3v) is 8.74. The zero-order chi connectivity index (χ0) is 31.5. The lowest BCUT2D eigenvalue weighted by atomic mass is 9.89. The van der Waals surface area contributed by atoms with E-state index in [-0.39, 0.29) is 5.75 Å². The fourth-order valence-electron chi connectivity index (χ4n) is 6.06. The summed E-state index contributed by atoms with van der Waals surface area (Å²) in [7, 11) is 2.01. The fraction of sp³-hybridized carbons (Fsp3) is 0.214. The molecule has 0 saturated carbocycles. The minimum atomic E-state index is 0.287. The maximum Gasteiger partial charge on any atom is 0.140 e. The lowest BCUT2D eigenvalue weighted by Crippen LogP contribution is -1.96. The number of rotatable bonds is 9. The molecule has 0 saturated heterocycles. The predicted molar refractivity (Wildman–Crippen MR) is 190 cm³/mol. The van der Waals surface area contributed by atoms with E-state index in [2.05, 4.69) is 125 Å². The molecule has 0 atom stereocenters. The van der Waals surface area contributed by atoms with Crippen molar-refractivity contribution in [3.05, 3.63) is 144 Å². The van der Waals surface area contributed by atoms with Crippen LogP contribution in [0.5, 0.6) is 5.75 Å². The number of allylic oxidation sites excluding steroid dienone is 2. The minimum Gasteiger partial charge on any atom is -0.507 e. The number of phenolic OH excluding ortho intramolecular Hbond substituents is 1. The Balaban J connectivity index is 1.42. The molecular weight excluding hydrogens is 548 g/mol. The molecule has 0 bridgehead atoms. The average molecular weight is 591 g/mol. The van der Waals surface area contributed by atoms with Gasteiger partial charge in [0.25, 0.3) is 0 Å². The van der Waals surface area contributed by atoms with Gasteiger partial charge in [0.1, 0.15) is 11.6 Å². The Morgan fingerprint density at radius 2 is 1.29 bits per heavy atom. The maximum absolute atomic E-state index is 11.7. The first-order valence-corrected chi connectivity index (χ1v) is 16.0. The highest BCUT2D eigenvalue weighted by atomic mass is 16.3. The minimum absolute atomic E-state index is 0.287. The van der Waals surface area contributed by atoms with E-state index >= 15 is 0 Å². The third-order valence-electron chi connectivity index (χ3n) is 8.74. The van der Waals surface area contributed by atoms with Crippen molar-refractivity contribution in [2.24, 2.45) is 7.05 Å². The summed E-state index contributed by atoms with van der Waals surface area (Å²) in [5, 5.41) is 14.3. The lowest BCUT2D eigenvalue weighted by Gasteiger charge is -2.17. The Morgan fingerprint density at radius 3 is 2.00 bits per heavy atom. The number of phenols is 1. The summed E-state index contributed by atoms with van der Waals surface area (Å²) in [6.45, 7) is 8.99. The van der Waals surface area contributed by atoms with Gasteiger partial charge < -0.3 is 9.67 Å². The molecule has 1 heterocycles. The highest BCUT2D eigenvalue weighted by molar-refractivity contribution is 5.86. The largest absolute Gasteiger partial charge is 0.507 e. The molecule has 0 fully saturated rings. The van der Waals surface area contributed by atoms with Gasteiger partial charge in [-0.1, -0.05) is 131 Å². The number of imidazole rings is 1. The molecule has 6 aromatic rings. The van der Waals surface area contributed by atoms with Crippen molar-refractivity contribution < 1.29 is 5.11 Å². The molecule has 1 aromatic heterocycles. The van der Waals surface area contributed by atoms with Gasteiger partial charge in [-0.3, -0.25) is 0 Å². The van der Waals surface area contributed by atoms with Crippen molar-refractivity contribution in [1.82, 2.24) is 9.55 Å². The standard InChI is InChI=1S/C42H42N2O/c1-28(2)34-23-35(29(3)4)25-36(24-34)37-22-33(18-10-9-14-30-19-13-20-31-15-11-12-21-38(30)31)41(45)39(26-37)40-27-44(5)42(43-40)32-16-7-6-8-17-32/h6-13,15-17,19-29,45H,14,18H2,1-5H3/b10-9-. The molecule has 0 aliphatic carbocycles. The summed E-state index contributed by atoms with van der Waals surface area (Å²) >= 11 is 0. The molecule has 5 aromatic carbocycles. The molecule has 3 nitrogen and oxygen atoms in total. The Labute approximate surface area is 267 Å². The summed E-state index contributed by atoms with van der Waals surface area (Å²) in [5.74, 6) is 1.99. The average Bonchev–Trinajstić information content (AvgIpc) is 3.45. The predicted octanol–water partition coefficient (Wildman–Crippen LogP) is 10.9. The van der Waals surface area contributed by atoms with Gasteiger partial charge in [-0.05, 0) is 81.0 Å². The molecule has 1 N–H and O–H groups in total. The highest BCUT2D eigenvalue weighted by Crippen LogP contribution is 2.39. The third kappa shape index (κ3) is 6.49. The Morgan fingerprint density at radius 1 is 0.667 bits per heavy atom. The lowest BCUT2D eigenvalue weighted by molar-refractivity contribution is 0.471. The van der Waals surface area contributed by atoms with Crippen LogP contribution >= 0.6 is 0 Å². The van der Waals surface area contributed by atoms with Crippen molar-refractivity contribution >= 4 is 10.8 Å². The van der Waals surface area contributed by atoms with Gasteiger partial charge in [-0.15, -0.1) is 0 Å². The van der Waals surface area contributed by atoms with Crippen molar-refractivity contribution in [2.45, 2.75) is 52.4 Å². The Kier molecular flexibility index (Phi) is 8.71. The summed E-state index contributed by atoms with van der Waals surface area (Å²) in [6.07, 6.45) is 7.88. The molecular formula is C42H42N2O. The van der Waals surface area contributed by atoms with Crippen LogP contribution in [0.15, 0.2) is 121 Å². The van der Waals surface area contributed by atoms with E-state index in [9.17, 15) is 5.11 Å². The normalized spacial score (nSPS) is 11.8. The van der Waals surface area contributed by atoms with Gasteiger partial charge in [-0.25, -0.2) is 4.98 Å². The second-order valence-corrected chi connectivity index (χ2v) is 12.7. The van der Waals surface area contributed by atoms with Crippen molar-refractivity contribution in [1.29, 1.82) is 0 Å². The molecule has 3 heteroatoms. The van der Waals surface area contributed by atoms with Crippen LogP contribution in [0, 0.1) is 0 Å². The summed E-state index contributed by atoms with van der Waals surface area (Å²) in [4.78, 5) is 5.03. The van der Waals surface area contributed by atoms with E-state index in [0.29, 0.717) is 18.3 Å². The smallest absolute Gasteiger partial charge is 0.140 e. The molecule has 226 valence electrons. The summed E-state index contributed by atoms with van der Waals surface area (Å²) in [5.41, 5.74) is 9.68. The molecule has 45 heavy (non-hydrogen) atoms. The maximum atomic E-state index is 11.7. The first kappa shape index (κ1) is 30.1. The SMILES string of the molecule is CC(C)c1cc(-c2cc(C/C=C\Cc3cccc4ccccc34)c(O)c(-c3cn(C)c(-c4ccccc4)n3)c2)cc(C(C)C)c1. The van der Waals surface area contributed by atoms with E-state index in [1.165, 1.54) is 33.0 Å². The van der Waals surface area contributed by atoms with E-state index in [4.69, 9.17) is 4.98 Å². The summed E-state index contributed by atoms with van der Waals surface area (Å²) < 4.78 is 2.04. The molecule has 0 aliphatic heterocycles. The van der Waals surface area contributed by atoms with E-state index < -0.39 is 0 Å². The number of fused-ring (bicyclic) bond motifs is 1. The van der Waals surface area contributed by atoms with Crippen molar-refractivity contribution in [2.75, 3.05) is 0 Å². The van der Waals surface area contributed by atoms with Crippen LogP contribution in [0.3, 0.4) is 0 Å². The van der Waals surface area contributed by atoms with Crippen molar-refractivity contribution in [3.63, 3.8) is 0 Å². The van der Waals surface area contributed by atoms with Gasteiger partial charge in [-0.2, -0.15) is 0 Å². The molecule has 0 spiro atoms. The molecule has 0 radical (unpaired) electrons. The summed E-state index contributed by atoms with van der Waals surface area (Å²) in [6, 6.07) is 36.4. The number of hydrogen-bond acceptors (Lipinski definition) is 2. The van der Waals surface area contributed by atoms with E-state index in [0.717, 1.165) is 40.2 Å². The van der Waals surface area contributed by atoms with E-state index in [1.54, 1.807) is 0 Å². The van der Waals surface area contributed by atoms with Crippen LogP contribution in [-0.4, -0.2) is 14.7 Å². The quantitative estimate of drug-likeness (QED) is 0.170. The number of aromatic nitrogens is 2. The van der Waals surface area contributed by atoms with Crippen molar-refractivity contribution in [3.8, 4) is 39.5 Å². The first-order valence-electron chi connectivity index (χ1n) is 16.0. The van der Waals surface area contributed by atoms with Gasteiger partial charge >= 0.3 is 0 Å². The van der Waals surface area contributed by atoms with Crippen LogP contribution in [0.25, 0.3) is 44.5 Å². The highest BCUT2D eigenvalue weighted by Gasteiger charge is 2.18. The monoisotopic (exact) mass is 590 g/mol. The van der Waals surface area contributed by atoms with Gasteiger partial charge in [0, 0.05) is 24.4 Å². The van der Waals surface area contributed by atoms with Gasteiger partial charge in [0.2, 0.25) is 0 Å². The topological polar surface area (TPSA) is 38.0 Å².